The molecule has 86 valence electrons. The van der Waals surface area contributed by atoms with E-state index in [1.807, 2.05) is 0 Å². The van der Waals surface area contributed by atoms with Gasteiger partial charge in [0, 0.05) is 6.20 Å². The van der Waals surface area contributed by atoms with Gasteiger partial charge in [-0.2, -0.15) is 5.10 Å². The molecule has 0 aromatic carbocycles. The van der Waals surface area contributed by atoms with E-state index in [-0.39, 0.29) is 5.56 Å². The van der Waals surface area contributed by atoms with Crippen molar-refractivity contribution in [3.8, 4) is 5.69 Å². The van der Waals surface area contributed by atoms with Gasteiger partial charge in [-0.15, -0.1) is 0 Å². The lowest BCUT2D eigenvalue weighted by atomic mass is 10.3. The van der Waals surface area contributed by atoms with Gasteiger partial charge in [-0.1, -0.05) is 0 Å². The van der Waals surface area contributed by atoms with Gasteiger partial charge in [0.15, 0.2) is 6.29 Å². The van der Waals surface area contributed by atoms with Crippen LogP contribution in [0.1, 0.15) is 26.5 Å². The molecule has 0 fully saturated rings. The first kappa shape index (κ1) is 11.0. The lowest BCUT2D eigenvalue weighted by Gasteiger charge is -1.99. The van der Waals surface area contributed by atoms with Gasteiger partial charge >= 0.3 is 5.97 Å². The van der Waals surface area contributed by atoms with E-state index in [0.29, 0.717) is 23.4 Å². The predicted octanol–water partition coefficient (Wildman–Crippen LogP) is 1.09. The molecule has 6 heteroatoms. The van der Waals surface area contributed by atoms with Gasteiger partial charge < -0.3 is 5.11 Å². The second kappa shape index (κ2) is 4.17. The SMILES string of the molecule is Cc1nn(-c2ccc(C=O)nc2)cc1C(=O)O. The zero-order valence-corrected chi connectivity index (χ0v) is 8.99. The third-order valence-corrected chi connectivity index (χ3v) is 2.29. The van der Waals surface area contributed by atoms with E-state index in [4.69, 9.17) is 5.11 Å². The molecule has 1 N–H and O–H groups in total. The Morgan fingerprint density at radius 3 is 2.71 bits per heavy atom. The number of aryl methyl sites for hydroxylation is 1. The van der Waals surface area contributed by atoms with E-state index in [0.717, 1.165) is 0 Å². The van der Waals surface area contributed by atoms with Crippen LogP contribution in [0.5, 0.6) is 0 Å². The Kier molecular flexibility index (Phi) is 2.70. The van der Waals surface area contributed by atoms with Crippen molar-refractivity contribution in [3.63, 3.8) is 0 Å². The molecular formula is C11H9N3O3. The molecular weight excluding hydrogens is 222 g/mol. The van der Waals surface area contributed by atoms with Crippen LogP contribution in [-0.4, -0.2) is 32.1 Å². The maximum absolute atomic E-state index is 10.9. The van der Waals surface area contributed by atoms with Gasteiger partial charge in [-0.3, -0.25) is 9.78 Å². The number of aldehydes is 1. The number of aromatic carboxylic acids is 1. The maximum atomic E-state index is 10.9. The highest BCUT2D eigenvalue weighted by atomic mass is 16.4. The monoisotopic (exact) mass is 231 g/mol. The summed E-state index contributed by atoms with van der Waals surface area (Å²) in [6.45, 7) is 1.62. The molecule has 0 amide bonds. The van der Waals surface area contributed by atoms with Crippen molar-refractivity contribution in [2.24, 2.45) is 0 Å². The van der Waals surface area contributed by atoms with Crippen LogP contribution in [-0.2, 0) is 0 Å². The van der Waals surface area contributed by atoms with Crippen molar-refractivity contribution in [1.29, 1.82) is 0 Å². The number of rotatable bonds is 3. The van der Waals surface area contributed by atoms with Crippen LogP contribution in [0, 0.1) is 6.92 Å². The summed E-state index contributed by atoms with van der Waals surface area (Å²) in [5, 5.41) is 13.0. The molecule has 0 aliphatic rings. The largest absolute Gasteiger partial charge is 0.478 e. The quantitative estimate of drug-likeness (QED) is 0.799. The summed E-state index contributed by atoms with van der Waals surface area (Å²) < 4.78 is 1.42. The molecule has 0 aliphatic heterocycles. The fourth-order valence-electron chi connectivity index (χ4n) is 1.41. The summed E-state index contributed by atoms with van der Waals surface area (Å²) in [5.74, 6) is -1.02. The second-order valence-electron chi connectivity index (χ2n) is 3.44. The average Bonchev–Trinajstić information content (AvgIpc) is 2.71. The first-order valence-corrected chi connectivity index (χ1v) is 4.83. The summed E-state index contributed by atoms with van der Waals surface area (Å²) in [6, 6.07) is 3.19. The minimum atomic E-state index is -1.02. The molecule has 2 aromatic heterocycles. The van der Waals surface area contributed by atoms with Crippen molar-refractivity contribution in [2.45, 2.75) is 6.92 Å². The zero-order chi connectivity index (χ0) is 12.4. The number of hydrogen-bond acceptors (Lipinski definition) is 4. The van der Waals surface area contributed by atoms with Crippen molar-refractivity contribution in [3.05, 3.63) is 41.5 Å². The Labute approximate surface area is 96.5 Å². The van der Waals surface area contributed by atoms with E-state index >= 15 is 0 Å². The molecule has 0 atom stereocenters. The Morgan fingerprint density at radius 2 is 2.24 bits per heavy atom. The lowest BCUT2D eigenvalue weighted by Crippen LogP contribution is -1.97. The van der Waals surface area contributed by atoms with E-state index in [1.165, 1.54) is 17.1 Å². The third-order valence-electron chi connectivity index (χ3n) is 2.29. The highest BCUT2D eigenvalue weighted by Crippen LogP contribution is 2.11. The fraction of sp³-hybridized carbons (Fsp3) is 0.0909. The Hall–Kier alpha value is -2.50. The number of carboxylic acid groups (broad SMARTS) is 1. The smallest absolute Gasteiger partial charge is 0.339 e. The Bertz CT molecular complexity index is 572. The van der Waals surface area contributed by atoms with Crippen LogP contribution < -0.4 is 0 Å². The van der Waals surface area contributed by atoms with Crippen LogP contribution in [0.3, 0.4) is 0 Å². The topological polar surface area (TPSA) is 85.1 Å². The molecule has 0 spiro atoms. The number of carbonyl (C=O) groups excluding carboxylic acids is 1. The first-order chi connectivity index (χ1) is 8.11. The van der Waals surface area contributed by atoms with Crippen molar-refractivity contribution >= 4 is 12.3 Å². The van der Waals surface area contributed by atoms with E-state index in [1.54, 1.807) is 19.1 Å². The van der Waals surface area contributed by atoms with Gasteiger partial charge in [0.1, 0.15) is 11.3 Å². The molecule has 0 saturated heterocycles. The number of nitrogens with zero attached hydrogens (tertiary/aromatic N) is 3. The van der Waals surface area contributed by atoms with E-state index in [9.17, 15) is 9.59 Å². The highest BCUT2D eigenvalue weighted by Gasteiger charge is 2.12. The number of carboxylic acids is 1. The van der Waals surface area contributed by atoms with Crippen LogP contribution in [0.2, 0.25) is 0 Å². The summed E-state index contributed by atoms with van der Waals surface area (Å²) in [4.78, 5) is 25.2. The summed E-state index contributed by atoms with van der Waals surface area (Å²) in [6.07, 6.45) is 3.51. The number of carbonyl (C=O) groups is 2. The number of aromatic nitrogens is 3. The highest BCUT2D eigenvalue weighted by molar-refractivity contribution is 5.88. The minimum Gasteiger partial charge on any atom is -0.478 e. The van der Waals surface area contributed by atoms with Crippen LogP contribution in [0.4, 0.5) is 0 Å². The van der Waals surface area contributed by atoms with Gasteiger partial charge in [0.25, 0.3) is 0 Å². The van der Waals surface area contributed by atoms with Crippen molar-refractivity contribution < 1.29 is 14.7 Å². The van der Waals surface area contributed by atoms with Gasteiger partial charge in [0.05, 0.1) is 17.6 Å². The molecule has 2 rings (SSSR count). The molecule has 0 aliphatic carbocycles. The summed E-state index contributed by atoms with van der Waals surface area (Å²) >= 11 is 0. The van der Waals surface area contributed by atoms with Gasteiger partial charge in [0.2, 0.25) is 0 Å². The van der Waals surface area contributed by atoms with Crippen molar-refractivity contribution in [1.82, 2.24) is 14.8 Å². The molecule has 0 unspecified atom stereocenters. The van der Waals surface area contributed by atoms with Crippen LogP contribution in [0.25, 0.3) is 5.69 Å². The standard InChI is InChI=1S/C11H9N3O3/c1-7-10(11(16)17)5-14(13-7)9-3-2-8(6-15)12-4-9/h2-6H,1H3,(H,16,17). The summed E-state index contributed by atoms with van der Waals surface area (Å²) in [5.41, 5.74) is 1.49. The third kappa shape index (κ3) is 2.05. The van der Waals surface area contributed by atoms with E-state index in [2.05, 4.69) is 10.1 Å². The maximum Gasteiger partial charge on any atom is 0.339 e. The van der Waals surface area contributed by atoms with Crippen LogP contribution in [0.15, 0.2) is 24.5 Å². The first-order valence-electron chi connectivity index (χ1n) is 4.83. The number of pyridine rings is 1. The van der Waals surface area contributed by atoms with Crippen molar-refractivity contribution in [2.75, 3.05) is 0 Å². The minimum absolute atomic E-state index is 0.143. The molecule has 6 nitrogen and oxygen atoms in total. The normalized spacial score (nSPS) is 10.2. The van der Waals surface area contributed by atoms with Gasteiger partial charge in [-0.25, -0.2) is 9.48 Å². The molecule has 0 saturated carbocycles. The number of hydrogen-bond donors (Lipinski definition) is 1. The van der Waals surface area contributed by atoms with Crippen LogP contribution >= 0.6 is 0 Å². The molecule has 0 radical (unpaired) electrons. The molecule has 2 aromatic rings. The molecule has 17 heavy (non-hydrogen) atoms. The average molecular weight is 231 g/mol. The zero-order valence-electron chi connectivity index (χ0n) is 8.99. The fourth-order valence-corrected chi connectivity index (χ4v) is 1.41. The molecule has 0 bridgehead atoms. The Morgan fingerprint density at radius 1 is 1.47 bits per heavy atom. The molecule has 2 heterocycles. The second-order valence-corrected chi connectivity index (χ2v) is 3.44. The Balaban J connectivity index is 2.42. The van der Waals surface area contributed by atoms with E-state index < -0.39 is 5.97 Å². The van der Waals surface area contributed by atoms with Gasteiger partial charge in [-0.05, 0) is 19.1 Å². The lowest BCUT2D eigenvalue weighted by molar-refractivity contribution is 0.0696. The predicted molar refractivity (Wildman–Crippen MR) is 58.4 cm³/mol. The summed E-state index contributed by atoms with van der Waals surface area (Å²) in [7, 11) is 0.